The zero-order chi connectivity index (χ0) is 12.8. The Morgan fingerprint density at radius 3 is 2.67 bits per heavy atom. The first-order valence-corrected chi connectivity index (χ1v) is 6.30. The van der Waals surface area contributed by atoms with Crippen molar-refractivity contribution in [3.05, 3.63) is 60.9 Å². The zero-order valence-corrected chi connectivity index (χ0v) is 10.5. The van der Waals surface area contributed by atoms with Gasteiger partial charge in [-0.3, -0.25) is 4.79 Å². The number of cyclic esters (lactones) is 1. The molecule has 1 aromatic carbocycles. The summed E-state index contributed by atoms with van der Waals surface area (Å²) in [6.45, 7) is 3.73. The standard InChI is InChI=1S/C16H18O2/c1-2-10-16(12-13-18-15(16)17)11-6-9-14-7-4-3-5-8-14/h2-5,7-8,12-13H,1,6,9-11H2/t16-/m0/s1. The van der Waals surface area contributed by atoms with Gasteiger partial charge in [-0.2, -0.15) is 0 Å². The first kappa shape index (κ1) is 12.6. The summed E-state index contributed by atoms with van der Waals surface area (Å²) in [6, 6.07) is 10.3. The number of aryl methyl sites for hydroxylation is 1. The van der Waals surface area contributed by atoms with Crippen LogP contribution in [0.15, 0.2) is 55.3 Å². The molecule has 0 N–H and O–H groups in total. The maximum atomic E-state index is 11.8. The molecule has 2 heteroatoms. The third-order valence-electron chi connectivity index (χ3n) is 3.41. The predicted molar refractivity (Wildman–Crippen MR) is 71.9 cm³/mol. The van der Waals surface area contributed by atoms with E-state index in [-0.39, 0.29) is 5.97 Å². The molecule has 0 spiro atoms. The number of hydrogen-bond acceptors (Lipinski definition) is 2. The fourth-order valence-corrected chi connectivity index (χ4v) is 2.36. The third-order valence-corrected chi connectivity index (χ3v) is 3.41. The van der Waals surface area contributed by atoms with Gasteiger partial charge in [0.25, 0.3) is 0 Å². The van der Waals surface area contributed by atoms with Crippen LogP contribution in [0.2, 0.25) is 0 Å². The van der Waals surface area contributed by atoms with E-state index in [1.807, 2.05) is 24.3 Å². The van der Waals surface area contributed by atoms with Gasteiger partial charge >= 0.3 is 5.97 Å². The van der Waals surface area contributed by atoms with Crippen molar-refractivity contribution >= 4 is 5.97 Å². The Morgan fingerprint density at radius 2 is 2.06 bits per heavy atom. The molecule has 0 saturated heterocycles. The number of ether oxygens (including phenoxy) is 1. The Bertz CT molecular complexity index is 447. The van der Waals surface area contributed by atoms with Gasteiger partial charge in [0, 0.05) is 0 Å². The number of esters is 1. The number of hydrogen-bond donors (Lipinski definition) is 0. The van der Waals surface area contributed by atoms with Crippen LogP contribution in [0.25, 0.3) is 0 Å². The van der Waals surface area contributed by atoms with Crippen molar-refractivity contribution in [2.75, 3.05) is 0 Å². The van der Waals surface area contributed by atoms with Gasteiger partial charge < -0.3 is 4.74 Å². The maximum absolute atomic E-state index is 11.8. The number of benzene rings is 1. The van der Waals surface area contributed by atoms with Crippen LogP contribution in [0.1, 0.15) is 24.8 Å². The largest absolute Gasteiger partial charge is 0.434 e. The van der Waals surface area contributed by atoms with E-state index in [0.29, 0.717) is 6.42 Å². The highest BCUT2D eigenvalue weighted by molar-refractivity contribution is 5.82. The summed E-state index contributed by atoms with van der Waals surface area (Å²) in [4.78, 5) is 11.8. The second-order valence-electron chi connectivity index (χ2n) is 4.70. The lowest BCUT2D eigenvalue weighted by atomic mass is 9.80. The molecule has 2 rings (SSSR count). The van der Waals surface area contributed by atoms with Gasteiger partial charge in [0.1, 0.15) is 0 Å². The van der Waals surface area contributed by atoms with Crippen molar-refractivity contribution < 1.29 is 9.53 Å². The van der Waals surface area contributed by atoms with Crippen molar-refractivity contribution in [1.29, 1.82) is 0 Å². The van der Waals surface area contributed by atoms with Crippen LogP contribution in [0.3, 0.4) is 0 Å². The SMILES string of the molecule is C=CC[C@]1(CCCc2ccccc2)C=COC1=O. The minimum Gasteiger partial charge on any atom is -0.434 e. The molecule has 1 aromatic rings. The first-order valence-electron chi connectivity index (χ1n) is 6.30. The Hall–Kier alpha value is -1.83. The zero-order valence-electron chi connectivity index (χ0n) is 10.5. The second-order valence-corrected chi connectivity index (χ2v) is 4.70. The normalized spacial score (nSPS) is 21.9. The lowest BCUT2D eigenvalue weighted by molar-refractivity contribution is -0.144. The molecule has 0 aliphatic carbocycles. The molecule has 2 nitrogen and oxygen atoms in total. The fraction of sp³-hybridized carbons (Fsp3) is 0.312. The molecule has 0 radical (unpaired) electrons. The summed E-state index contributed by atoms with van der Waals surface area (Å²) in [5.41, 5.74) is 0.831. The van der Waals surface area contributed by atoms with Gasteiger partial charge in [-0.1, -0.05) is 36.4 Å². The summed E-state index contributed by atoms with van der Waals surface area (Å²) in [5.74, 6) is -0.143. The highest BCUT2D eigenvalue weighted by Gasteiger charge is 2.39. The minimum absolute atomic E-state index is 0.143. The van der Waals surface area contributed by atoms with Crippen molar-refractivity contribution in [2.24, 2.45) is 5.41 Å². The van der Waals surface area contributed by atoms with E-state index >= 15 is 0 Å². The molecule has 94 valence electrons. The minimum atomic E-state index is -0.476. The molecule has 1 aliphatic rings. The molecule has 0 bridgehead atoms. The lowest BCUT2D eigenvalue weighted by Gasteiger charge is -2.21. The summed E-state index contributed by atoms with van der Waals surface area (Å²) in [6.07, 6.45) is 8.59. The maximum Gasteiger partial charge on any atom is 0.321 e. The lowest BCUT2D eigenvalue weighted by Crippen LogP contribution is -2.25. The topological polar surface area (TPSA) is 26.3 Å². The molecule has 1 heterocycles. The molecule has 0 saturated carbocycles. The quantitative estimate of drug-likeness (QED) is 0.562. The van der Waals surface area contributed by atoms with E-state index in [1.54, 1.807) is 6.08 Å². The Kier molecular flexibility index (Phi) is 3.98. The molecular weight excluding hydrogens is 224 g/mol. The van der Waals surface area contributed by atoms with Crippen LogP contribution in [-0.2, 0) is 16.0 Å². The van der Waals surface area contributed by atoms with Crippen molar-refractivity contribution in [1.82, 2.24) is 0 Å². The van der Waals surface area contributed by atoms with Crippen molar-refractivity contribution in [2.45, 2.75) is 25.7 Å². The fourth-order valence-electron chi connectivity index (χ4n) is 2.36. The molecule has 18 heavy (non-hydrogen) atoms. The first-order chi connectivity index (χ1) is 8.77. The van der Waals surface area contributed by atoms with E-state index in [2.05, 4.69) is 18.7 Å². The highest BCUT2D eigenvalue weighted by atomic mass is 16.5. The summed E-state index contributed by atoms with van der Waals surface area (Å²) < 4.78 is 4.96. The molecule has 1 aliphatic heterocycles. The number of carbonyl (C=O) groups is 1. The summed E-state index contributed by atoms with van der Waals surface area (Å²) >= 11 is 0. The molecule has 0 aromatic heterocycles. The molecule has 0 fully saturated rings. The van der Waals surface area contributed by atoms with E-state index in [4.69, 9.17) is 4.74 Å². The van der Waals surface area contributed by atoms with Crippen molar-refractivity contribution in [3.63, 3.8) is 0 Å². The van der Waals surface area contributed by atoms with Crippen molar-refractivity contribution in [3.8, 4) is 0 Å². The van der Waals surface area contributed by atoms with Crippen LogP contribution in [0.4, 0.5) is 0 Å². The second kappa shape index (κ2) is 5.67. The number of rotatable bonds is 6. The van der Waals surface area contributed by atoms with Crippen LogP contribution in [0, 0.1) is 5.41 Å². The average Bonchev–Trinajstić information content (AvgIpc) is 2.73. The average molecular weight is 242 g/mol. The van der Waals surface area contributed by atoms with Gasteiger partial charge in [-0.25, -0.2) is 0 Å². The van der Waals surface area contributed by atoms with Crippen LogP contribution >= 0.6 is 0 Å². The van der Waals surface area contributed by atoms with Gasteiger partial charge in [0.15, 0.2) is 0 Å². The third kappa shape index (κ3) is 2.70. The Morgan fingerprint density at radius 1 is 1.28 bits per heavy atom. The number of carbonyl (C=O) groups excluding carboxylic acids is 1. The van der Waals surface area contributed by atoms with Gasteiger partial charge in [0.05, 0.1) is 11.7 Å². The monoisotopic (exact) mass is 242 g/mol. The molecule has 0 unspecified atom stereocenters. The van der Waals surface area contributed by atoms with E-state index in [1.165, 1.54) is 11.8 Å². The van der Waals surface area contributed by atoms with E-state index in [9.17, 15) is 4.79 Å². The predicted octanol–water partition coefficient (Wildman–Crippen LogP) is 3.64. The molecule has 1 atom stereocenters. The Balaban J connectivity index is 1.93. The highest BCUT2D eigenvalue weighted by Crippen LogP contribution is 2.36. The van der Waals surface area contributed by atoms with Gasteiger partial charge in [-0.15, -0.1) is 6.58 Å². The smallest absolute Gasteiger partial charge is 0.321 e. The van der Waals surface area contributed by atoms with E-state index < -0.39 is 5.41 Å². The molecular formula is C16H18O2. The summed E-state index contributed by atoms with van der Waals surface area (Å²) in [7, 11) is 0. The summed E-state index contributed by atoms with van der Waals surface area (Å²) in [5, 5.41) is 0. The van der Waals surface area contributed by atoms with E-state index in [0.717, 1.165) is 19.3 Å². The van der Waals surface area contributed by atoms with Gasteiger partial charge in [-0.05, 0) is 37.3 Å². The number of allylic oxidation sites excluding steroid dienone is 1. The Labute approximate surface area is 108 Å². The molecule has 0 amide bonds. The van der Waals surface area contributed by atoms with Crippen LogP contribution in [0.5, 0.6) is 0 Å². The van der Waals surface area contributed by atoms with Gasteiger partial charge in [0.2, 0.25) is 0 Å². The van der Waals surface area contributed by atoms with Crippen LogP contribution in [-0.4, -0.2) is 5.97 Å². The van der Waals surface area contributed by atoms with Crippen LogP contribution < -0.4 is 0 Å².